The van der Waals surface area contributed by atoms with Gasteiger partial charge in [0.2, 0.25) is 0 Å². The zero-order valence-electron chi connectivity index (χ0n) is 6.34. The molecule has 1 atom stereocenters. The van der Waals surface area contributed by atoms with Gasteiger partial charge in [0.15, 0.2) is 0 Å². The van der Waals surface area contributed by atoms with Gasteiger partial charge in [0.05, 0.1) is 5.92 Å². The molecule has 64 valence electrons. The molecule has 0 radical (unpaired) electrons. The minimum absolute atomic E-state index is 0.623. The Morgan fingerprint density at radius 3 is 2.83 bits per heavy atom. The van der Waals surface area contributed by atoms with E-state index in [1.807, 2.05) is 6.07 Å². The van der Waals surface area contributed by atoms with Crippen LogP contribution in [0.15, 0.2) is 28.7 Å². The lowest BCUT2D eigenvalue weighted by atomic mass is 10.0. The number of benzene rings is 1. The Hall–Kier alpha value is -0.700. The van der Waals surface area contributed by atoms with Crippen LogP contribution in [0.1, 0.15) is 11.5 Å². The lowest BCUT2D eigenvalue weighted by molar-refractivity contribution is -0.109. The van der Waals surface area contributed by atoms with E-state index in [1.165, 1.54) is 0 Å². The summed E-state index contributed by atoms with van der Waals surface area (Å²) in [7, 11) is 0. The van der Waals surface area contributed by atoms with E-state index in [4.69, 9.17) is 0 Å². The van der Waals surface area contributed by atoms with Gasteiger partial charge in [-0.1, -0.05) is 28.1 Å². The molecule has 0 aliphatic carbocycles. The van der Waals surface area contributed by atoms with Crippen LogP contribution in [-0.4, -0.2) is 13.0 Å². The summed E-state index contributed by atoms with van der Waals surface area (Å²) < 4.78 is 13.1. The van der Waals surface area contributed by atoms with Crippen molar-refractivity contribution in [3.8, 4) is 0 Å². The highest BCUT2D eigenvalue weighted by atomic mass is 79.9. The Balaban J connectivity index is 2.93. The summed E-state index contributed by atoms with van der Waals surface area (Å²) in [6.07, 6.45) is 0.627. The fourth-order valence-electron chi connectivity index (χ4n) is 0.941. The van der Waals surface area contributed by atoms with E-state index < -0.39 is 12.6 Å². The second kappa shape index (κ2) is 4.36. The molecule has 0 saturated heterocycles. The van der Waals surface area contributed by atoms with Crippen LogP contribution in [0.2, 0.25) is 0 Å². The molecule has 1 rings (SSSR count). The third kappa shape index (κ3) is 2.14. The van der Waals surface area contributed by atoms with Crippen LogP contribution in [0, 0.1) is 0 Å². The average molecular weight is 231 g/mol. The van der Waals surface area contributed by atoms with E-state index in [9.17, 15) is 9.18 Å². The highest BCUT2D eigenvalue weighted by Crippen LogP contribution is 2.18. The summed E-state index contributed by atoms with van der Waals surface area (Å²) >= 11 is 3.25. The fraction of sp³-hybridized carbons (Fsp3) is 0.222. The molecule has 0 heterocycles. The normalized spacial score (nSPS) is 12.5. The first kappa shape index (κ1) is 9.39. The van der Waals surface area contributed by atoms with Crippen molar-refractivity contribution in [1.29, 1.82) is 0 Å². The largest absolute Gasteiger partial charge is 0.303 e. The summed E-state index contributed by atoms with van der Waals surface area (Å²) in [6.45, 7) is -0.639. The first-order valence-corrected chi connectivity index (χ1v) is 4.34. The predicted molar refractivity (Wildman–Crippen MR) is 48.9 cm³/mol. The number of carbonyl (C=O) groups is 1. The molecule has 0 aliphatic rings. The summed E-state index contributed by atoms with van der Waals surface area (Å²) in [4.78, 5) is 10.4. The van der Waals surface area contributed by atoms with Crippen molar-refractivity contribution in [1.82, 2.24) is 0 Å². The molecule has 0 fully saturated rings. The molecule has 0 N–H and O–H groups in total. The molecule has 0 aliphatic heterocycles. The molecule has 0 bridgehead atoms. The van der Waals surface area contributed by atoms with E-state index in [0.29, 0.717) is 11.8 Å². The topological polar surface area (TPSA) is 17.1 Å². The Morgan fingerprint density at radius 2 is 2.33 bits per heavy atom. The second-order valence-corrected chi connectivity index (χ2v) is 3.37. The summed E-state index contributed by atoms with van der Waals surface area (Å²) in [5, 5.41) is 0. The zero-order valence-corrected chi connectivity index (χ0v) is 7.92. The minimum atomic E-state index is -0.639. The number of halogens is 2. The number of hydrogen-bond donors (Lipinski definition) is 0. The van der Waals surface area contributed by atoms with Crippen LogP contribution in [0.5, 0.6) is 0 Å². The first-order chi connectivity index (χ1) is 5.77. The van der Waals surface area contributed by atoms with Crippen molar-refractivity contribution in [3.05, 3.63) is 34.3 Å². The Labute approximate surface area is 78.7 Å². The lowest BCUT2D eigenvalue weighted by Crippen LogP contribution is -2.01. The lowest BCUT2D eigenvalue weighted by Gasteiger charge is -2.05. The van der Waals surface area contributed by atoms with Crippen LogP contribution in [0.4, 0.5) is 4.39 Å². The SMILES string of the molecule is O=CC(CF)c1cccc(Br)c1. The average Bonchev–Trinajstić information content (AvgIpc) is 2.07. The highest BCUT2D eigenvalue weighted by Gasteiger charge is 2.09. The van der Waals surface area contributed by atoms with Gasteiger partial charge in [-0.05, 0) is 17.7 Å². The second-order valence-electron chi connectivity index (χ2n) is 2.45. The molecular formula is C9H8BrFO. The van der Waals surface area contributed by atoms with Crippen molar-refractivity contribution < 1.29 is 9.18 Å². The monoisotopic (exact) mass is 230 g/mol. The van der Waals surface area contributed by atoms with Crippen LogP contribution in [0.25, 0.3) is 0 Å². The third-order valence-electron chi connectivity index (χ3n) is 1.61. The van der Waals surface area contributed by atoms with E-state index >= 15 is 0 Å². The standard InChI is InChI=1S/C9H8BrFO/c10-9-3-1-2-7(4-9)8(5-11)6-12/h1-4,6,8H,5H2. The number of carbonyl (C=O) groups excluding carboxylic acids is 1. The molecule has 1 unspecified atom stereocenters. The maximum atomic E-state index is 12.2. The molecule has 1 aromatic rings. The van der Waals surface area contributed by atoms with Gasteiger partial charge in [0.1, 0.15) is 13.0 Å². The van der Waals surface area contributed by atoms with E-state index in [1.54, 1.807) is 18.2 Å². The van der Waals surface area contributed by atoms with Crippen LogP contribution < -0.4 is 0 Å². The summed E-state index contributed by atoms with van der Waals surface area (Å²) in [6, 6.07) is 7.11. The van der Waals surface area contributed by atoms with E-state index in [2.05, 4.69) is 15.9 Å². The van der Waals surface area contributed by atoms with Crippen molar-refractivity contribution in [2.75, 3.05) is 6.67 Å². The zero-order chi connectivity index (χ0) is 8.97. The minimum Gasteiger partial charge on any atom is -0.303 e. The molecular weight excluding hydrogens is 223 g/mol. The van der Waals surface area contributed by atoms with Gasteiger partial charge in [0, 0.05) is 4.47 Å². The van der Waals surface area contributed by atoms with Crippen molar-refractivity contribution in [2.45, 2.75) is 5.92 Å². The number of hydrogen-bond acceptors (Lipinski definition) is 1. The third-order valence-corrected chi connectivity index (χ3v) is 2.10. The molecule has 0 saturated carbocycles. The maximum absolute atomic E-state index is 12.2. The van der Waals surface area contributed by atoms with E-state index in [-0.39, 0.29) is 0 Å². The Bertz CT molecular complexity index is 275. The van der Waals surface area contributed by atoms with Gasteiger partial charge < -0.3 is 4.79 Å². The van der Waals surface area contributed by atoms with Crippen molar-refractivity contribution in [2.24, 2.45) is 0 Å². The predicted octanol–water partition coefficient (Wildman–Crippen LogP) is 2.70. The van der Waals surface area contributed by atoms with Gasteiger partial charge in [-0.3, -0.25) is 0 Å². The van der Waals surface area contributed by atoms with Crippen LogP contribution in [-0.2, 0) is 4.79 Å². The highest BCUT2D eigenvalue weighted by molar-refractivity contribution is 9.10. The smallest absolute Gasteiger partial charge is 0.130 e. The molecule has 1 aromatic carbocycles. The van der Waals surface area contributed by atoms with Crippen LogP contribution >= 0.6 is 15.9 Å². The van der Waals surface area contributed by atoms with Gasteiger partial charge in [-0.25, -0.2) is 4.39 Å². The van der Waals surface area contributed by atoms with Gasteiger partial charge in [0.25, 0.3) is 0 Å². The number of alkyl halides is 1. The van der Waals surface area contributed by atoms with Gasteiger partial charge in [-0.2, -0.15) is 0 Å². The van der Waals surface area contributed by atoms with Crippen molar-refractivity contribution in [3.63, 3.8) is 0 Å². The Morgan fingerprint density at radius 1 is 1.58 bits per heavy atom. The first-order valence-electron chi connectivity index (χ1n) is 3.54. The van der Waals surface area contributed by atoms with Crippen LogP contribution in [0.3, 0.4) is 0 Å². The number of rotatable bonds is 3. The van der Waals surface area contributed by atoms with Gasteiger partial charge in [-0.15, -0.1) is 0 Å². The molecule has 3 heteroatoms. The quantitative estimate of drug-likeness (QED) is 0.731. The Kier molecular flexibility index (Phi) is 3.41. The fourth-order valence-corrected chi connectivity index (χ4v) is 1.36. The molecule has 1 nitrogen and oxygen atoms in total. The molecule has 0 aromatic heterocycles. The van der Waals surface area contributed by atoms with E-state index in [0.717, 1.165) is 4.47 Å². The summed E-state index contributed by atoms with van der Waals surface area (Å²) in [5.74, 6) is -0.623. The molecule has 12 heavy (non-hydrogen) atoms. The summed E-state index contributed by atoms with van der Waals surface area (Å²) in [5.41, 5.74) is 0.710. The molecule has 0 amide bonds. The van der Waals surface area contributed by atoms with Gasteiger partial charge >= 0.3 is 0 Å². The maximum Gasteiger partial charge on any atom is 0.130 e. The number of aldehydes is 1. The van der Waals surface area contributed by atoms with Crippen molar-refractivity contribution >= 4 is 22.2 Å². The molecule has 0 spiro atoms.